The fraction of sp³-hybridized carbons (Fsp3) is 0.756. The van der Waals surface area contributed by atoms with E-state index in [4.69, 9.17) is 14.2 Å². The monoisotopic (exact) mass is 1400 g/mol. The Bertz CT molecular complexity index is 3540. The van der Waals surface area contributed by atoms with Gasteiger partial charge in [0.25, 0.3) is 0 Å². The summed E-state index contributed by atoms with van der Waals surface area (Å²) in [5.74, 6) is 0.702. The van der Waals surface area contributed by atoms with Gasteiger partial charge in [-0.05, 0) is 253 Å². The van der Waals surface area contributed by atoms with Gasteiger partial charge in [-0.25, -0.2) is 26.4 Å². The van der Waals surface area contributed by atoms with E-state index in [9.17, 15) is 26.4 Å². The van der Waals surface area contributed by atoms with E-state index in [1.54, 1.807) is 0 Å². The number of hydrogen-bond acceptors (Lipinski definition) is 15. The summed E-state index contributed by atoms with van der Waals surface area (Å²) in [6, 6.07) is 16.0. The summed E-state index contributed by atoms with van der Waals surface area (Å²) in [4.78, 5) is 61.6. The average molecular weight is 1400 g/mol. The second kappa shape index (κ2) is 25.2. The first-order valence-electron chi connectivity index (χ1n) is 38.6. The molecule has 0 unspecified atom stereocenters. The molecule has 18 atom stereocenters. The topological polar surface area (TPSA) is 195 Å². The van der Waals surface area contributed by atoms with E-state index in [0.29, 0.717) is 86.9 Å². The Morgan fingerprint density at radius 1 is 0.444 bits per heavy atom. The third-order valence-corrected chi connectivity index (χ3v) is 36.0. The number of esters is 4. The largest absolute Gasteiger partial charge is 0.465 e. The molecule has 2 aliphatic heterocycles. The van der Waals surface area contributed by atoms with Crippen molar-refractivity contribution in [2.45, 2.75) is 196 Å². The van der Waals surface area contributed by atoms with Crippen LogP contribution >= 0.6 is 0 Å². The number of carbonyl (C=O) groups excluding carboxylic acids is 4. The summed E-state index contributed by atoms with van der Waals surface area (Å²) in [7, 11) is -3.22. The standard InChI is InChI=1S/C82H118N4O11S2/c1-73(2)59(53-13-17-55(18-14-53)69(87)95-11)27-31-75(5)63(73)29-33-79(9)65(75)23-21-61-67-57(25-35-81(67,39-37-77(61,79)7)83-41-43-85-45-49-98(91,92)50-46-85)71(89)97-72(90)58-26-36-82(84-42-44-86-47-51-99(93,94)52-48-86)40-38-78(8)62(68(58)82)22-24-66-76(6)32-28-60(54-15-19-56(20-16-54)70(88)96-12)74(3,4)64(76)30-34-80(66,78)10/h13-20,27-28,57-58,61-68,83-84H,21-26,29-52H2,1-12H3/t57-,58-,61-,62-,63+,64+,65-,66-,67-,68-,75+,76+,77-,78-,79-,80-,81+,82+/m1/s1. The lowest BCUT2D eigenvalue weighted by molar-refractivity contribution is -0.223. The summed E-state index contributed by atoms with van der Waals surface area (Å²) >= 11 is 0. The first-order chi connectivity index (χ1) is 46.7. The minimum atomic E-state index is -3.04. The van der Waals surface area contributed by atoms with E-state index >= 15 is 9.59 Å². The van der Waals surface area contributed by atoms with Crippen LogP contribution in [-0.2, 0) is 43.5 Å². The highest BCUT2D eigenvalue weighted by atomic mass is 32.2. The van der Waals surface area contributed by atoms with Gasteiger partial charge in [0.1, 0.15) is 0 Å². The van der Waals surface area contributed by atoms with Gasteiger partial charge < -0.3 is 34.6 Å². The number of methoxy groups -OCH3 is 2. The molecule has 17 heteroatoms. The molecular weight excluding hydrogens is 1280 g/mol. The Morgan fingerprint density at radius 2 is 0.808 bits per heavy atom. The van der Waals surface area contributed by atoms with Crippen molar-refractivity contribution in [1.82, 2.24) is 20.4 Å². The van der Waals surface area contributed by atoms with Gasteiger partial charge in [0.05, 0.1) is 60.2 Å². The normalized spacial score (nSPS) is 42.3. The summed E-state index contributed by atoms with van der Waals surface area (Å²) in [6.07, 6.45) is 22.5. The lowest BCUT2D eigenvalue weighted by atomic mass is 9.33. The first kappa shape index (κ1) is 71.7. The lowest BCUT2D eigenvalue weighted by Gasteiger charge is -2.72. The van der Waals surface area contributed by atoms with Crippen LogP contribution in [0, 0.1) is 102 Å². The summed E-state index contributed by atoms with van der Waals surface area (Å²) in [5, 5.41) is 8.41. The van der Waals surface area contributed by atoms with Crippen LogP contribution < -0.4 is 10.6 Å². The molecule has 12 aliphatic rings. The number of carbonyl (C=O) groups is 4. The van der Waals surface area contributed by atoms with Gasteiger partial charge in [0, 0.05) is 63.4 Å². The number of nitrogens with one attached hydrogen (secondary N) is 2. The molecule has 10 fully saturated rings. The van der Waals surface area contributed by atoms with Crippen LogP contribution in [0.15, 0.2) is 60.7 Å². The SMILES string of the molecule is COC(=O)c1ccc(C2=CC[C@]3(C)[C@H]4CC[C@@H]5[C@H]6[C@H](C(=O)OC(=O)[C@@H]7CC[C@]8(NCCN9CCS(=O)(=O)CC9)CC[C@]9(C)[C@H](CC[C@@H]%10[C@@]%11(C)CC=C(c%12ccc(C(=O)OC)cc%12)C(C)(C)[C@@H]%11CC[C@]%109C)[C@@H]78)CC[C@]6(NCCN6CCS(=O)(=O)CC6)CC[C@@]5(C)[C@]4(C)CC[C@H]3C2(C)C)cc1. The highest BCUT2D eigenvalue weighted by Crippen LogP contribution is 2.79. The number of allylic oxidation sites excluding steroid dienone is 4. The van der Waals surface area contributed by atoms with Crippen LogP contribution in [0.2, 0.25) is 0 Å². The highest BCUT2D eigenvalue weighted by Gasteiger charge is 2.74. The molecule has 10 aliphatic carbocycles. The summed E-state index contributed by atoms with van der Waals surface area (Å²) in [6.45, 7) is 30.5. The molecule has 2 N–H and O–H groups in total. The maximum absolute atomic E-state index is 16.0. The molecule has 2 heterocycles. The second-order valence-corrected chi connectivity index (χ2v) is 41.4. The molecule has 15 nitrogen and oxygen atoms in total. The quantitative estimate of drug-likeness (QED) is 0.103. The molecule has 2 saturated heterocycles. The van der Waals surface area contributed by atoms with Gasteiger partial charge in [-0.1, -0.05) is 106 Å². The van der Waals surface area contributed by atoms with E-state index in [-0.39, 0.29) is 125 Å². The Labute approximate surface area is 592 Å². The van der Waals surface area contributed by atoms with Gasteiger partial charge in [-0.2, -0.15) is 0 Å². The maximum atomic E-state index is 16.0. The lowest BCUT2D eigenvalue weighted by Crippen LogP contribution is -2.68. The zero-order valence-electron chi connectivity index (χ0n) is 62.0. The van der Waals surface area contributed by atoms with E-state index in [1.165, 1.54) is 36.5 Å². The predicted octanol–water partition coefficient (Wildman–Crippen LogP) is 13.3. The predicted molar refractivity (Wildman–Crippen MR) is 388 cm³/mol. The van der Waals surface area contributed by atoms with Crippen LogP contribution in [0.5, 0.6) is 0 Å². The number of fused-ring (bicyclic) bond motifs is 14. The number of sulfone groups is 2. The number of benzene rings is 2. The molecule has 0 bridgehead atoms. The van der Waals surface area contributed by atoms with Crippen LogP contribution in [0.3, 0.4) is 0 Å². The second-order valence-electron chi connectivity index (χ2n) is 36.8. The van der Waals surface area contributed by atoms with Crippen LogP contribution in [0.25, 0.3) is 11.1 Å². The van der Waals surface area contributed by atoms with Crippen molar-refractivity contribution in [3.8, 4) is 0 Å². The van der Waals surface area contributed by atoms with Crippen molar-refractivity contribution in [2.24, 2.45) is 102 Å². The Balaban J connectivity index is 0.748. The smallest absolute Gasteiger partial charge is 0.337 e. The zero-order valence-corrected chi connectivity index (χ0v) is 63.6. The third-order valence-electron chi connectivity index (χ3n) is 32.7. The molecular formula is C82H118N4O11S2. The molecule has 99 heavy (non-hydrogen) atoms. The molecule has 0 amide bonds. The third kappa shape index (κ3) is 11.3. The Morgan fingerprint density at radius 3 is 1.16 bits per heavy atom. The number of ether oxygens (including phenoxy) is 3. The molecule has 544 valence electrons. The van der Waals surface area contributed by atoms with Crippen molar-refractivity contribution in [1.29, 1.82) is 0 Å². The van der Waals surface area contributed by atoms with E-state index in [0.717, 1.165) is 116 Å². The van der Waals surface area contributed by atoms with Crippen molar-refractivity contribution in [3.63, 3.8) is 0 Å². The fourth-order valence-electron chi connectivity index (χ4n) is 27.5. The minimum Gasteiger partial charge on any atom is -0.465 e. The van der Waals surface area contributed by atoms with E-state index in [1.807, 2.05) is 24.3 Å². The molecule has 2 aromatic carbocycles. The van der Waals surface area contributed by atoms with E-state index in [2.05, 4.69) is 126 Å². The van der Waals surface area contributed by atoms with Gasteiger partial charge in [0.15, 0.2) is 19.7 Å². The van der Waals surface area contributed by atoms with Crippen molar-refractivity contribution >= 4 is 54.7 Å². The zero-order chi connectivity index (χ0) is 70.5. The van der Waals surface area contributed by atoms with Gasteiger partial charge in [-0.3, -0.25) is 9.59 Å². The average Bonchev–Trinajstić information content (AvgIpc) is 1.59. The Hall–Kier alpha value is -4.26. The molecule has 0 spiro atoms. The van der Waals surface area contributed by atoms with Crippen molar-refractivity contribution < 1.29 is 50.2 Å². The molecule has 14 rings (SSSR count). The summed E-state index contributed by atoms with van der Waals surface area (Å²) in [5.41, 5.74) is 5.14. The van der Waals surface area contributed by atoms with Crippen LogP contribution in [0.4, 0.5) is 0 Å². The van der Waals surface area contributed by atoms with Crippen molar-refractivity contribution in [2.75, 3.05) is 89.6 Å². The maximum Gasteiger partial charge on any atom is 0.337 e. The van der Waals surface area contributed by atoms with Gasteiger partial charge >= 0.3 is 23.9 Å². The van der Waals surface area contributed by atoms with Crippen LogP contribution in [-0.4, -0.2) is 151 Å². The van der Waals surface area contributed by atoms with Crippen molar-refractivity contribution in [3.05, 3.63) is 82.9 Å². The molecule has 0 aromatic heterocycles. The summed E-state index contributed by atoms with van der Waals surface area (Å²) < 4.78 is 67.2. The van der Waals surface area contributed by atoms with Gasteiger partial charge in [0.2, 0.25) is 0 Å². The van der Waals surface area contributed by atoms with E-state index < -0.39 is 31.5 Å². The Kier molecular flexibility index (Phi) is 18.3. The number of nitrogens with zero attached hydrogens (tertiary/aromatic N) is 2. The molecule has 2 aromatic rings. The number of rotatable bonds is 14. The minimum absolute atomic E-state index is 0.0113. The molecule has 0 radical (unpaired) electrons. The highest BCUT2D eigenvalue weighted by molar-refractivity contribution is 7.91. The van der Waals surface area contributed by atoms with Crippen LogP contribution in [0.1, 0.15) is 217 Å². The first-order valence-corrected chi connectivity index (χ1v) is 42.2. The number of hydrogen-bond donors (Lipinski definition) is 2. The van der Waals surface area contributed by atoms with Gasteiger partial charge in [-0.15, -0.1) is 0 Å². The molecule has 8 saturated carbocycles. The fourth-order valence-corrected chi connectivity index (χ4v) is 30.0.